The minimum absolute atomic E-state index is 0.338. The van der Waals surface area contributed by atoms with Crippen LogP contribution in [0.1, 0.15) is 52.5 Å². The molecule has 0 aromatic heterocycles. The smallest absolute Gasteiger partial charge is 0.317 e. The van der Waals surface area contributed by atoms with Crippen molar-refractivity contribution in [2.75, 3.05) is 7.11 Å². The number of hydrogen-bond acceptors (Lipinski definition) is 7. The van der Waals surface area contributed by atoms with Gasteiger partial charge in [-0.15, -0.1) is 0 Å². The molecule has 0 saturated heterocycles. The highest BCUT2D eigenvalue weighted by atomic mass is 16.5. The van der Waals surface area contributed by atoms with Gasteiger partial charge in [-0.1, -0.05) is 12.1 Å². The predicted octanol–water partition coefficient (Wildman–Crippen LogP) is 2.64. The normalized spacial score (nSPS) is 27.1. The summed E-state index contributed by atoms with van der Waals surface area (Å²) in [5.41, 5.74) is -1.11. The number of benzene rings is 1. The average molecular weight is 406 g/mol. The molecule has 1 aliphatic rings. The Morgan fingerprint density at radius 2 is 1.55 bits per heavy atom. The monoisotopic (exact) mass is 406 g/mol. The fraction of sp³-hybridized carbons (Fsp3) is 0.591. The van der Waals surface area contributed by atoms with E-state index in [4.69, 9.17) is 14.2 Å². The van der Waals surface area contributed by atoms with E-state index >= 15 is 0 Å². The number of Topliss-reactive ketones (excluding diaryl/α,β-unsaturated/α-hetero) is 1. The van der Waals surface area contributed by atoms with Crippen LogP contribution in [0.25, 0.3) is 0 Å². The molecule has 0 radical (unpaired) electrons. The molecule has 0 spiro atoms. The first kappa shape index (κ1) is 22.9. The summed E-state index contributed by atoms with van der Waals surface area (Å²) in [6.07, 6.45) is -1.17. The molecule has 0 bridgehead atoms. The Kier molecular flexibility index (Phi) is 7.06. The van der Waals surface area contributed by atoms with E-state index in [1.165, 1.54) is 14.0 Å². The van der Waals surface area contributed by atoms with Crippen LogP contribution < -0.4 is 4.74 Å². The summed E-state index contributed by atoms with van der Waals surface area (Å²) < 4.78 is 15.9. The van der Waals surface area contributed by atoms with Gasteiger partial charge in [-0.2, -0.15) is 0 Å². The molecule has 1 aromatic carbocycles. The fourth-order valence-electron chi connectivity index (χ4n) is 3.85. The molecule has 160 valence electrons. The lowest BCUT2D eigenvalue weighted by molar-refractivity contribution is -0.176. The van der Waals surface area contributed by atoms with Crippen LogP contribution in [0, 0.1) is 11.8 Å². The number of rotatable bonds is 6. The summed E-state index contributed by atoms with van der Waals surface area (Å²) in [7, 11) is 1.52. The van der Waals surface area contributed by atoms with Gasteiger partial charge in [0.05, 0.1) is 30.8 Å². The van der Waals surface area contributed by atoms with Crippen molar-refractivity contribution in [2.45, 2.75) is 64.8 Å². The van der Waals surface area contributed by atoms with Crippen LogP contribution in [0.4, 0.5) is 0 Å². The Hall–Kier alpha value is -2.41. The van der Waals surface area contributed by atoms with Crippen molar-refractivity contribution < 1.29 is 33.7 Å². The first-order valence-electron chi connectivity index (χ1n) is 9.78. The van der Waals surface area contributed by atoms with Gasteiger partial charge in [0.15, 0.2) is 5.78 Å². The van der Waals surface area contributed by atoms with E-state index in [0.29, 0.717) is 11.3 Å². The second-order valence-corrected chi connectivity index (χ2v) is 8.23. The number of carbonyl (C=O) groups excluding carboxylic acids is 3. The Bertz CT molecular complexity index is 741. The molecule has 1 N–H and O–H groups in total. The Morgan fingerprint density at radius 1 is 1.03 bits per heavy atom. The minimum atomic E-state index is -1.66. The number of esters is 2. The minimum Gasteiger partial charge on any atom is -0.497 e. The molecule has 1 aliphatic carbocycles. The van der Waals surface area contributed by atoms with Gasteiger partial charge in [0, 0.05) is 12.3 Å². The lowest BCUT2D eigenvalue weighted by Crippen LogP contribution is -2.55. The van der Waals surface area contributed by atoms with Crippen LogP contribution in [0.15, 0.2) is 24.3 Å². The van der Waals surface area contributed by atoms with Gasteiger partial charge >= 0.3 is 11.9 Å². The Balaban J connectivity index is 2.60. The molecule has 2 rings (SSSR count). The number of ketones is 1. The third-order valence-corrected chi connectivity index (χ3v) is 4.98. The molecular formula is C22H30O7. The summed E-state index contributed by atoms with van der Waals surface area (Å²) in [6, 6.07) is 6.73. The van der Waals surface area contributed by atoms with Gasteiger partial charge in [-0.3, -0.25) is 14.4 Å². The number of carbonyl (C=O) groups is 3. The van der Waals surface area contributed by atoms with E-state index in [0.717, 1.165) is 0 Å². The highest BCUT2D eigenvalue weighted by Gasteiger charge is 2.57. The highest BCUT2D eigenvalue weighted by molar-refractivity contribution is 6.02. The molecule has 29 heavy (non-hydrogen) atoms. The van der Waals surface area contributed by atoms with Gasteiger partial charge in [0.2, 0.25) is 0 Å². The molecule has 0 heterocycles. The summed E-state index contributed by atoms with van der Waals surface area (Å²) in [4.78, 5) is 38.7. The zero-order chi connectivity index (χ0) is 21.9. The van der Waals surface area contributed by atoms with E-state index in [2.05, 4.69) is 0 Å². The van der Waals surface area contributed by atoms with Crippen molar-refractivity contribution in [3.8, 4) is 5.75 Å². The zero-order valence-electron chi connectivity index (χ0n) is 17.8. The van der Waals surface area contributed by atoms with Crippen LogP contribution in [-0.4, -0.2) is 47.7 Å². The van der Waals surface area contributed by atoms with Crippen LogP contribution in [0.3, 0.4) is 0 Å². The van der Waals surface area contributed by atoms with Crippen molar-refractivity contribution in [2.24, 2.45) is 11.8 Å². The molecule has 0 aliphatic heterocycles. The largest absolute Gasteiger partial charge is 0.497 e. The second kappa shape index (κ2) is 8.95. The Morgan fingerprint density at radius 3 is 2.03 bits per heavy atom. The van der Waals surface area contributed by atoms with Gasteiger partial charge in [0.1, 0.15) is 11.7 Å². The molecule has 1 aromatic rings. The van der Waals surface area contributed by atoms with E-state index in [-0.39, 0.29) is 6.42 Å². The first-order chi connectivity index (χ1) is 13.5. The first-order valence-corrected chi connectivity index (χ1v) is 9.78. The van der Waals surface area contributed by atoms with E-state index in [1.54, 1.807) is 52.0 Å². The van der Waals surface area contributed by atoms with E-state index in [9.17, 15) is 19.5 Å². The molecule has 1 fully saturated rings. The van der Waals surface area contributed by atoms with Crippen molar-refractivity contribution >= 4 is 17.7 Å². The third-order valence-electron chi connectivity index (χ3n) is 4.98. The molecule has 0 unspecified atom stereocenters. The van der Waals surface area contributed by atoms with E-state index < -0.39 is 53.3 Å². The molecule has 1 saturated carbocycles. The molecule has 0 amide bonds. The molecule has 7 nitrogen and oxygen atoms in total. The molecule has 7 heteroatoms. The van der Waals surface area contributed by atoms with Crippen LogP contribution in [0.2, 0.25) is 0 Å². The molecule has 4 atom stereocenters. The van der Waals surface area contributed by atoms with Crippen molar-refractivity contribution in [3.63, 3.8) is 0 Å². The summed E-state index contributed by atoms with van der Waals surface area (Å²) in [5.74, 6) is -4.48. The van der Waals surface area contributed by atoms with Gasteiger partial charge < -0.3 is 19.3 Å². The lowest BCUT2D eigenvalue weighted by atomic mass is 9.61. The van der Waals surface area contributed by atoms with Gasteiger partial charge in [-0.25, -0.2) is 0 Å². The fourth-order valence-corrected chi connectivity index (χ4v) is 3.85. The topological polar surface area (TPSA) is 99.1 Å². The second-order valence-electron chi connectivity index (χ2n) is 8.23. The van der Waals surface area contributed by atoms with E-state index in [1.807, 2.05) is 0 Å². The van der Waals surface area contributed by atoms with Crippen molar-refractivity contribution in [1.82, 2.24) is 0 Å². The van der Waals surface area contributed by atoms with Crippen LogP contribution >= 0.6 is 0 Å². The zero-order valence-corrected chi connectivity index (χ0v) is 17.8. The van der Waals surface area contributed by atoms with Crippen molar-refractivity contribution in [3.05, 3.63) is 29.8 Å². The maximum Gasteiger partial charge on any atom is 0.317 e. The maximum atomic E-state index is 13.0. The third kappa shape index (κ3) is 5.15. The Labute approximate surface area is 171 Å². The maximum absolute atomic E-state index is 13.0. The van der Waals surface area contributed by atoms with Gasteiger partial charge in [0.25, 0.3) is 0 Å². The highest BCUT2D eigenvalue weighted by Crippen LogP contribution is 2.47. The number of hydrogen-bond donors (Lipinski definition) is 1. The predicted molar refractivity (Wildman–Crippen MR) is 105 cm³/mol. The quantitative estimate of drug-likeness (QED) is 0.573. The SMILES string of the molecule is COc1ccc([C@@H]2[C@@H](C(=O)OC(C)C)C(=O)C[C@@](C)(O)[C@@H]2C(=O)OC(C)C)cc1. The standard InChI is InChI=1S/C22H30O7/c1-12(2)28-20(24)18-16(23)11-22(5,26)19(21(25)29-13(3)4)17(18)14-7-9-15(27-6)10-8-14/h7-10,12-13,17-19,26H,11H2,1-6H3/t17-,18+,19+,22-/m1/s1. The summed E-state index contributed by atoms with van der Waals surface area (Å²) in [5, 5.41) is 11.0. The summed E-state index contributed by atoms with van der Waals surface area (Å²) >= 11 is 0. The summed E-state index contributed by atoms with van der Waals surface area (Å²) in [6.45, 7) is 8.21. The van der Waals surface area contributed by atoms with Crippen molar-refractivity contribution in [1.29, 1.82) is 0 Å². The number of methoxy groups -OCH3 is 1. The van der Waals surface area contributed by atoms with Crippen LogP contribution in [0.5, 0.6) is 5.75 Å². The molecular weight excluding hydrogens is 376 g/mol. The van der Waals surface area contributed by atoms with Crippen LogP contribution in [-0.2, 0) is 23.9 Å². The lowest BCUT2D eigenvalue weighted by Gasteiger charge is -2.44. The van der Waals surface area contributed by atoms with Gasteiger partial charge in [-0.05, 0) is 52.3 Å². The number of aliphatic hydroxyl groups is 1. The average Bonchev–Trinajstić information content (AvgIpc) is 2.58. The number of ether oxygens (including phenoxy) is 3.